The highest BCUT2D eigenvalue weighted by atomic mass is 32.2. The van der Waals surface area contributed by atoms with Gasteiger partial charge in [-0.1, -0.05) is 0 Å². The van der Waals surface area contributed by atoms with Crippen LogP contribution in [0.25, 0.3) is 0 Å². The molecule has 1 rings (SSSR count). The van der Waals surface area contributed by atoms with Crippen molar-refractivity contribution in [1.82, 2.24) is 4.31 Å². The largest absolute Gasteiger partial charge is 0.481 e. The summed E-state index contributed by atoms with van der Waals surface area (Å²) in [5.74, 6) is -1.20. The first-order valence-corrected chi connectivity index (χ1v) is 7.41. The second-order valence-corrected chi connectivity index (χ2v) is 6.41. The number of aliphatic carboxylic acids is 1. The van der Waals surface area contributed by atoms with Crippen LogP contribution in [0.15, 0.2) is 0 Å². The van der Waals surface area contributed by atoms with Crippen LogP contribution in [0.2, 0.25) is 0 Å². The molecule has 0 aromatic rings. The number of aliphatic hydroxyl groups is 1. The molecule has 2 unspecified atom stereocenters. The number of hydrogen-bond acceptors (Lipinski definition) is 5. The van der Waals surface area contributed by atoms with Crippen LogP contribution in [0.4, 0.5) is 0 Å². The van der Waals surface area contributed by atoms with Gasteiger partial charge in [0.2, 0.25) is 10.0 Å². The third-order valence-electron chi connectivity index (χ3n) is 2.80. The third-order valence-corrected chi connectivity index (χ3v) is 4.83. The van der Waals surface area contributed by atoms with Gasteiger partial charge in [0.25, 0.3) is 0 Å². The smallest absolute Gasteiger partial charge is 0.303 e. The number of rotatable bonds is 6. The maximum absolute atomic E-state index is 12.0. The first kappa shape index (κ1) is 15.4. The van der Waals surface area contributed by atoms with Gasteiger partial charge in [0.15, 0.2) is 0 Å². The Bertz CT molecular complexity index is 382. The minimum Gasteiger partial charge on any atom is -0.481 e. The van der Waals surface area contributed by atoms with E-state index in [1.807, 2.05) is 0 Å². The van der Waals surface area contributed by atoms with Gasteiger partial charge in [0.05, 0.1) is 25.1 Å². The molecule has 106 valence electrons. The van der Waals surface area contributed by atoms with Gasteiger partial charge >= 0.3 is 5.97 Å². The molecular weight excluding hydrogens is 262 g/mol. The summed E-state index contributed by atoms with van der Waals surface area (Å²) in [6, 6.07) is -0.289. The molecule has 2 N–H and O–H groups in total. The van der Waals surface area contributed by atoms with E-state index in [-0.39, 0.29) is 44.4 Å². The van der Waals surface area contributed by atoms with E-state index in [4.69, 9.17) is 14.9 Å². The van der Waals surface area contributed by atoms with E-state index in [1.165, 1.54) is 4.31 Å². The Hall–Kier alpha value is -0.700. The Morgan fingerprint density at radius 3 is 2.72 bits per heavy atom. The summed E-state index contributed by atoms with van der Waals surface area (Å²) in [6.45, 7) is 1.85. The van der Waals surface area contributed by atoms with Crippen LogP contribution in [0, 0.1) is 0 Å². The molecule has 0 aromatic heterocycles. The van der Waals surface area contributed by atoms with Crippen molar-refractivity contribution in [3.63, 3.8) is 0 Å². The molecule has 18 heavy (non-hydrogen) atoms. The fraction of sp³-hybridized carbons (Fsp3) is 0.900. The molecule has 0 saturated carbocycles. The van der Waals surface area contributed by atoms with Crippen LogP contribution in [-0.2, 0) is 19.6 Å². The molecule has 1 saturated heterocycles. The minimum absolute atomic E-state index is 0.0888. The standard InChI is InChI=1S/C10H19NO6S/c1-8-7-17-9(6-12)5-11(8)18(15,16)4-2-3-10(13)14/h8-9,12H,2-7H2,1H3,(H,13,14). The molecule has 1 aliphatic rings. The Morgan fingerprint density at radius 2 is 2.17 bits per heavy atom. The first-order chi connectivity index (χ1) is 8.36. The number of carboxylic acids is 1. The van der Waals surface area contributed by atoms with Crippen LogP contribution in [0.1, 0.15) is 19.8 Å². The van der Waals surface area contributed by atoms with Gasteiger partial charge in [-0.05, 0) is 13.3 Å². The zero-order valence-electron chi connectivity index (χ0n) is 10.3. The summed E-state index contributed by atoms with van der Waals surface area (Å²) >= 11 is 0. The van der Waals surface area contributed by atoms with Gasteiger partial charge < -0.3 is 14.9 Å². The molecule has 1 aliphatic heterocycles. The van der Waals surface area contributed by atoms with E-state index < -0.39 is 22.1 Å². The van der Waals surface area contributed by atoms with Crippen molar-refractivity contribution in [3.05, 3.63) is 0 Å². The minimum atomic E-state index is -3.49. The quantitative estimate of drug-likeness (QED) is 0.664. The van der Waals surface area contributed by atoms with Crippen molar-refractivity contribution in [2.24, 2.45) is 0 Å². The Kier molecular flexibility index (Phi) is 5.51. The Balaban J connectivity index is 2.61. The fourth-order valence-corrected chi connectivity index (χ4v) is 3.56. The SMILES string of the molecule is CC1COC(CO)CN1S(=O)(=O)CCCC(=O)O. The normalized spacial score (nSPS) is 26.1. The lowest BCUT2D eigenvalue weighted by Crippen LogP contribution is -2.52. The summed E-state index contributed by atoms with van der Waals surface area (Å²) in [7, 11) is -3.49. The van der Waals surface area contributed by atoms with E-state index in [9.17, 15) is 13.2 Å². The van der Waals surface area contributed by atoms with Crippen LogP contribution >= 0.6 is 0 Å². The van der Waals surface area contributed by atoms with E-state index in [0.717, 1.165) is 0 Å². The molecule has 0 spiro atoms. The molecule has 1 heterocycles. The van der Waals surface area contributed by atoms with E-state index in [2.05, 4.69) is 0 Å². The molecule has 0 aromatic carbocycles. The molecule has 8 heteroatoms. The van der Waals surface area contributed by atoms with Crippen molar-refractivity contribution >= 4 is 16.0 Å². The highest BCUT2D eigenvalue weighted by Crippen LogP contribution is 2.17. The maximum atomic E-state index is 12.0. The van der Waals surface area contributed by atoms with Crippen molar-refractivity contribution in [1.29, 1.82) is 0 Å². The highest BCUT2D eigenvalue weighted by molar-refractivity contribution is 7.89. The predicted octanol–water partition coefficient (Wildman–Crippen LogP) is -0.737. The average molecular weight is 281 g/mol. The molecule has 0 amide bonds. The average Bonchev–Trinajstić information content (AvgIpc) is 2.28. The van der Waals surface area contributed by atoms with Crippen LogP contribution in [0.3, 0.4) is 0 Å². The molecule has 0 bridgehead atoms. The Labute approximate surface area is 106 Å². The molecule has 2 atom stereocenters. The maximum Gasteiger partial charge on any atom is 0.303 e. The number of hydrogen-bond donors (Lipinski definition) is 2. The van der Waals surface area contributed by atoms with Crippen molar-refractivity contribution in [2.75, 3.05) is 25.5 Å². The van der Waals surface area contributed by atoms with Crippen LogP contribution < -0.4 is 0 Å². The van der Waals surface area contributed by atoms with Gasteiger partial charge in [0.1, 0.15) is 0 Å². The van der Waals surface area contributed by atoms with Crippen molar-refractivity contribution < 1.29 is 28.2 Å². The van der Waals surface area contributed by atoms with E-state index in [0.29, 0.717) is 0 Å². The highest BCUT2D eigenvalue weighted by Gasteiger charge is 2.33. The lowest BCUT2D eigenvalue weighted by molar-refractivity contribution is -0.137. The lowest BCUT2D eigenvalue weighted by atomic mass is 10.2. The van der Waals surface area contributed by atoms with E-state index >= 15 is 0 Å². The first-order valence-electron chi connectivity index (χ1n) is 5.80. The zero-order valence-corrected chi connectivity index (χ0v) is 11.1. The number of nitrogens with zero attached hydrogens (tertiary/aromatic N) is 1. The number of ether oxygens (including phenoxy) is 1. The van der Waals surface area contributed by atoms with Crippen LogP contribution in [0.5, 0.6) is 0 Å². The lowest BCUT2D eigenvalue weighted by Gasteiger charge is -2.36. The number of carbonyl (C=O) groups is 1. The monoisotopic (exact) mass is 281 g/mol. The number of sulfonamides is 1. The number of carboxylic acid groups (broad SMARTS) is 1. The summed E-state index contributed by atoms with van der Waals surface area (Å²) < 4.78 is 30.6. The summed E-state index contributed by atoms with van der Waals surface area (Å²) in [6.07, 6.45) is -0.581. The van der Waals surface area contributed by atoms with E-state index in [1.54, 1.807) is 6.92 Å². The van der Waals surface area contributed by atoms with Gasteiger partial charge in [-0.3, -0.25) is 4.79 Å². The number of aliphatic hydroxyl groups excluding tert-OH is 1. The molecule has 7 nitrogen and oxygen atoms in total. The van der Waals surface area contributed by atoms with Crippen molar-refractivity contribution in [3.8, 4) is 0 Å². The summed E-state index contributed by atoms with van der Waals surface area (Å²) in [5, 5.41) is 17.5. The zero-order chi connectivity index (χ0) is 13.8. The third kappa shape index (κ3) is 4.20. The molecular formula is C10H19NO6S. The molecule has 0 radical (unpaired) electrons. The fourth-order valence-electron chi connectivity index (χ4n) is 1.81. The van der Waals surface area contributed by atoms with Gasteiger partial charge in [-0.2, -0.15) is 4.31 Å². The second-order valence-electron chi connectivity index (χ2n) is 4.37. The van der Waals surface area contributed by atoms with Gasteiger partial charge in [-0.25, -0.2) is 8.42 Å². The van der Waals surface area contributed by atoms with Gasteiger partial charge in [-0.15, -0.1) is 0 Å². The van der Waals surface area contributed by atoms with Crippen molar-refractivity contribution in [2.45, 2.75) is 31.9 Å². The summed E-state index contributed by atoms with van der Waals surface area (Å²) in [5.41, 5.74) is 0. The molecule has 0 aliphatic carbocycles. The van der Waals surface area contributed by atoms with Gasteiger partial charge in [0, 0.05) is 19.0 Å². The predicted molar refractivity (Wildman–Crippen MR) is 63.7 cm³/mol. The van der Waals surface area contributed by atoms with Crippen LogP contribution in [-0.4, -0.2) is 66.6 Å². The topological polar surface area (TPSA) is 104 Å². The summed E-state index contributed by atoms with van der Waals surface area (Å²) in [4.78, 5) is 10.4. The second kappa shape index (κ2) is 6.46. The number of morpholine rings is 1. The Morgan fingerprint density at radius 1 is 1.50 bits per heavy atom. The molecule has 1 fully saturated rings.